The van der Waals surface area contributed by atoms with Crippen LogP contribution in [0.3, 0.4) is 0 Å². The van der Waals surface area contributed by atoms with Crippen molar-refractivity contribution in [3.63, 3.8) is 0 Å². The minimum absolute atomic E-state index is 0.0279. The van der Waals surface area contributed by atoms with Crippen LogP contribution in [0, 0.1) is 0 Å². The van der Waals surface area contributed by atoms with Gasteiger partial charge in [0.15, 0.2) is 0 Å². The number of piperazine rings is 1. The molecule has 2 amide bonds. The number of piperidine rings is 1. The quantitative estimate of drug-likeness (QED) is 0.782. The Bertz CT molecular complexity index is 332. The molecule has 2 saturated heterocycles. The maximum atomic E-state index is 12.2. The summed E-state index contributed by atoms with van der Waals surface area (Å²) >= 11 is 0. The number of rotatable bonds is 3. The van der Waals surface area contributed by atoms with Crippen LogP contribution in [-0.2, 0) is 9.59 Å². The summed E-state index contributed by atoms with van der Waals surface area (Å²) in [4.78, 5) is 27.8. The number of hydrogen-bond donors (Lipinski definition) is 1. The molecule has 0 radical (unpaired) electrons. The van der Waals surface area contributed by atoms with Crippen LogP contribution in [-0.4, -0.2) is 60.4 Å². The number of nitrogens with zero attached hydrogens (tertiary/aromatic N) is 2. The first-order valence-electron chi connectivity index (χ1n) is 6.90. The van der Waals surface area contributed by atoms with Crippen LogP contribution in [0.4, 0.5) is 0 Å². The Kier molecular flexibility index (Phi) is 4.22. The third-order valence-electron chi connectivity index (χ3n) is 4.04. The Morgan fingerprint density at radius 3 is 2.78 bits per heavy atom. The van der Waals surface area contributed by atoms with Crippen LogP contribution in [0.25, 0.3) is 0 Å². The van der Waals surface area contributed by atoms with Gasteiger partial charge in [0.25, 0.3) is 0 Å². The third-order valence-corrected chi connectivity index (χ3v) is 4.04. The molecule has 1 N–H and O–H groups in total. The molecule has 0 aliphatic carbocycles. The van der Waals surface area contributed by atoms with Gasteiger partial charge in [-0.2, -0.15) is 0 Å². The van der Waals surface area contributed by atoms with Gasteiger partial charge in [-0.05, 0) is 32.9 Å². The van der Waals surface area contributed by atoms with Crippen molar-refractivity contribution in [2.24, 2.45) is 0 Å². The second-order valence-corrected chi connectivity index (χ2v) is 5.38. The lowest BCUT2D eigenvalue weighted by Crippen LogP contribution is -2.60. The molecule has 5 heteroatoms. The fourth-order valence-electron chi connectivity index (χ4n) is 2.83. The molecule has 2 aliphatic rings. The number of hydrogen-bond acceptors (Lipinski definition) is 3. The van der Waals surface area contributed by atoms with E-state index in [0.717, 1.165) is 13.0 Å². The van der Waals surface area contributed by atoms with Gasteiger partial charge < -0.3 is 15.1 Å². The van der Waals surface area contributed by atoms with Crippen molar-refractivity contribution in [2.45, 2.75) is 44.7 Å². The van der Waals surface area contributed by atoms with Gasteiger partial charge in [-0.1, -0.05) is 13.3 Å². The average molecular weight is 253 g/mol. The van der Waals surface area contributed by atoms with Gasteiger partial charge >= 0.3 is 0 Å². The maximum absolute atomic E-state index is 12.2. The van der Waals surface area contributed by atoms with Crippen LogP contribution in [0.5, 0.6) is 0 Å². The van der Waals surface area contributed by atoms with Crippen molar-refractivity contribution < 1.29 is 9.59 Å². The fraction of sp³-hybridized carbons (Fsp3) is 0.846. The lowest BCUT2D eigenvalue weighted by molar-refractivity contribution is -0.145. The van der Waals surface area contributed by atoms with Crippen molar-refractivity contribution in [3.8, 4) is 0 Å². The molecule has 102 valence electrons. The van der Waals surface area contributed by atoms with Gasteiger partial charge in [-0.3, -0.25) is 9.59 Å². The predicted octanol–water partition coefficient (Wildman–Crippen LogP) is 0.208. The molecule has 2 heterocycles. The number of nitrogens with one attached hydrogen (secondary N) is 1. The van der Waals surface area contributed by atoms with Crippen molar-refractivity contribution in [2.75, 3.05) is 26.7 Å². The number of carbonyl (C=O) groups is 2. The standard InChI is InChI=1S/C13H23N3O2/c1-3-11-13(18)16(9-12(17)14-11)8-10-6-4-5-7-15(10)2/h10-11H,3-9H2,1-2H3,(H,14,17). The summed E-state index contributed by atoms with van der Waals surface area (Å²) in [7, 11) is 2.11. The number of likely N-dealkylation sites (tertiary alicyclic amines) is 1. The van der Waals surface area contributed by atoms with E-state index in [2.05, 4.69) is 17.3 Å². The van der Waals surface area contributed by atoms with Crippen LogP contribution >= 0.6 is 0 Å². The first-order valence-corrected chi connectivity index (χ1v) is 6.90. The van der Waals surface area contributed by atoms with Crippen LogP contribution in [0.1, 0.15) is 32.6 Å². The summed E-state index contributed by atoms with van der Waals surface area (Å²) in [5.41, 5.74) is 0. The van der Waals surface area contributed by atoms with E-state index in [-0.39, 0.29) is 24.4 Å². The zero-order chi connectivity index (χ0) is 13.1. The summed E-state index contributed by atoms with van der Waals surface area (Å²) in [6.45, 7) is 3.94. The first kappa shape index (κ1) is 13.3. The Hall–Kier alpha value is -1.10. The first-order chi connectivity index (χ1) is 8.61. The lowest BCUT2D eigenvalue weighted by Gasteiger charge is -2.39. The second kappa shape index (κ2) is 5.69. The highest BCUT2D eigenvalue weighted by molar-refractivity contribution is 5.94. The largest absolute Gasteiger partial charge is 0.343 e. The fourth-order valence-corrected chi connectivity index (χ4v) is 2.83. The molecule has 0 bridgehead atoms. The Morgan fingerprint density at radius 2 is 2.11 bits per heavy atom. The van der Waals surface area contributed by atoms with Gasteiger partial charge in [0.2, 0.25) is 11.8 Å². The van der Waals surface area contributed by atoms with Crippen molar-refractivity contribution in [1.29, 1.82) is 0 Å². The van der Waals surface area contributed by atoms with Gasteiger partial charge in [-0.25, -0.2) is 0 Å². The average Bonchev–Trinajstić information content (AvgIpc) is 2.36. The molecule has 0 aromatic heterocycles. The third kappa shape index (κ3) is 2.83. The van der Waals surface area contributed by atoms with Gasteiger partial charge in [0, 0.05) is 12.6 Å². The number of likely N-dealkylation sites (N-methyl/N-ethyl adjacent to an activating group) is 1. The van der Waals surface area contributed by atoms with E-state index in [1.54, 1.807) is 4.90 Å². The van der Waals surface area contributed by atoms with Crippen LogP contribution in [0.2, 0.25) is 0 Å². The Morgan fingerprint density at radius 1 is 1.33 bits per heavy atom. The molecule has 2 rings (SSSR count). The summed E-state index contributed by atoms with van der Waals surface area (Å²) < 4.78 is 0. The monoisotopic (exact) mass is 253 g/mol. The van der Waals surface area contributed by atoms with E-state index < -0.39 is 0 Å². The highest BCUT2D eigenvalue weighted by Crippen LogP contribution is 2.17. The summed E-state index contributed by atoms with van der Waals surface area (Å²) in [6, 6.07) is 0.0891. The van der Waals surface area contributed by atoms with Crippen LogP contribution in [0.15, 0.2) is 0 Å². The molecule has 0 aromatic rings. The maximum Gasteiger partial charge on any atom is 0.245 e. The summed E-state index contributed by atoms with van der Waals surface area (Å²) in [6.07, 6.45) is 4.25. The van der Waals surface area contributed by atoms with Gasteiger partial charge in [0.05, 0.1) is 6.54 Å². The minimum Gasteiger partial charge on any atom is -0.343 e. The number of amides is 2. The number of carbonyl (C=O) groups excluding carboxylic acids is 2. The van der Waals surface area contributed by atoms with E-state index in [4.69, 9.17) is 0 Å². The Labute approximate surface area is 108 Å². The van der Waals surface area contributed by atoms with Crippen molar-refractivity contribution >= 4 is 11.8 Å². The predicted molar refractivity (Wildman–Crippen MR) is 69.1 cm³/mol. The molecule has 2 unspecified atom stereocenters. The smallest absolute Gasteiger partial charge is 0.245 e. The van der Waals surface area contributed by atoms with Gasteiger partial charge in [-0.15, -0.1) is 0 Å². The summed E-state index contributed by atoms with van der Waals surface area (Å²) in [5, 5.41) is 2.75. The molecule has 0 saturated carbocycles. The second-order valence-electron chi connectivity index (χ2n) is 5.38. The lowest BCUT2D eigenvalue weighted by atomic mass is 10.0. The molecule has 0 spiro atoms. The zero-order valence-electron chi connectivity index (χ0n) is 11.3. The highest BCUT2D eigenvalue weighted by Gasteiger charge is 2.33. The summed E-state index contributed by atoms with van der Waals surface area (Å²) in [5.74, 6) is 0.0518. The zero-order valence-corrected chi connectivity index (χ0v) is 11.3. The minimum atomic E-state index is -0.319. The molecule has 2 atom stereocenters. The van der Waals surface area contributed by atoms with E-state index in [1.807, 2.05) is 6.92 Å². The van der Waals surface area contributed by atoms with Crippen LogP contribution < -0.4 is 5.32 Å². The SMILES string of the molecule is CCC1NC(=O)CN(CC2CCCCN2C)C1=O. The molecule has 2 aliphatic heterocycles. The highest BCUT2D eigenvalue weighted by atomic mass is 16.2. The molecule has 18 heavy (non-hydrogen) atoms. The Balaban J connectivity index is 1.98. The molecular weight excluding hydrogens is 230 g/mol. The van der Waals surface area contributed by atoms with Crippen molar-refractivity contribution in [3.05, 3.63) is 0 Å². The molecule has 5 nitrogen and oxygen atoms in total. The van der Waals surface area contributed by atoms with Gasteiger partial charge in [0.1, 0.15) is 6.04 Å². The molecular formula is C13H23N3O2. The van der Waals surface area contributed by atoms with E-state index in [0.29, 0.717) is 19.0 Å². The van der Waals surface area contributed by atoms with E-state index in [1.165, 1.54) is 12.8 Å². The van der Waals surface area contributed by atoms with E-state index >= 15 is 0 Å². The molecule has 2 fully saturated rings. The van der Waals surface area contributed by atoms with E-state index in [9.17, 15) is 9.59 Å². The molecule has 0 aromatic carbocycles. The topological polar surface area (TPSA) is 52.7 Å². The van der Waals surface area contributed by atoms with Crippen molar-refractivity contribution in [1.82, 2.24) is 15.1 Å². The normalized spacial score (nSPS) is 30.4.